The van der Waals surface area contributed by atoms with Gasteiger partial charge in [-0.2, -0.15) is 0 Å². The molecule has 2 heterocycles. The van der Waals surface area contributed by atoms with Gasteiger partial charge in [0.05, 0.1) is 46.1 Å². The van der Waals surface area contributed by atoms with Crippen LogP contribution in [0, 0.1) is 11.8 Å². The zero-order chi connectivity index (χ0) is 32.5. The van der Waals surface area contributed by atoms with E-state index in [1.807, 2.05) is 60.7 Å². The average molecular weight is 661 g/mol. The number of fused-ring (bicyclic) bond motifs is 3. The molecule has 244 valence electrons. The van der Waals surface area contributed by atoms with E-state index in [0.29, 0.717) is 28.2 Å². The summed E-state index contributed by atoms with van der Waals surface area (Å²) in [4.78, 5) is 13.2. The van der Waals surface area contributed by atoms with Crippen LogP contribution in [0.4, 0.5) is 0 Å². The molecular weight excluding hydrogens is 627 g/mol. The van der Waals surface area contributed by atoms with E-state index in [1.54, 1.807) is 24.3 Å². The number of esters is 1. The minimum Gasteiger partial charge on any atom is -0.493 e. The van der Waals surface area contributed by atoms with Gasteiger partial charge in [0.1, 0.15) is 0 Å². The van der Waals surface area contributed by atoms with Gasteiger partial charge >= 0.3 is 13.8 Å². The normalized spacial score (nSPS) is 21.0. The highest BCUT2D eigenvalue weighted by molar-refractivity contribution is 7.48. The Hall–Kier alpha value is -4.54. The van der Waals surface area contributed by atoms with Crippen LogP contribution in [-0.2, 0) is 36.4 Å². The summed E-state index contributed by atoms with van der Waals surface area (Å²) in [6, 6.07) is 25.4. The van der Waals surface area contributed by atoms with Crippen molar-refractivity contribution in [2.75, 3.05) is 27.6 Å². The third kappa shape index (κ3) is 6.03. The quantitative estimate of drug-likeness (QED) is 0.143. The maximum absolute atomic E-state index is 14.3. The summed E-state index contributed by atoms with van der Waals surface area (Å²) in [5, 5.41) is 11.3. The number of aliphatic hydroxyl groups is 1. The maximum Gasteiger partial charge on any atom is 0.530 e. The Bertz CT molecular complexity index is 1740. The van der Waals surface area contributed by atoms with E-state index >= 15 is 0 Å². The third-order valence-electron chi connectivity index (χ3n) is 8.66. The van der Waals surface area contributed by atoms with Crippen molar-refractivity contribution in [2.24, 2.45) is 11.8 Å². The van der Waals surface area contributed by atoms with Crippen molar-refractivity contribution in [1.29, 1.82) is 0 Å². The van der Waals surface area contributed by atoms with E-state index < -0.39 is 37.6 Å². The van der Waals surface area contributed by atoms with Gasteiger partial charge in [0, 0.05) is 11.8 Å². The molecule has 1 N–H and O–H groups in total. The Morgan fingerprint density at radius 2 is 1.34 bits per heavy atom. The van der Waals surface area contributed by atoms with E-state index in [1.165, 1.54) is 14.2 Å². The van der Waals surface area contributed by atoms with Crippen molar-refractivity contribution in [3.63, 3.8) is 0 Å². The van der Waals surface area contributed by atoms with Gasteiger partial charge in [-0.25, -0.2) is 4.57 Å². The predicted molar refractivity (Wildman–Crippen MR) is 168 cm³/mol. The second kappa shape index (κ2) is 12.9. The lowest BCUT2D eigenvalue weighted by Crippen LogP contribution is -2.34. The fraction of sp³-hybridized carbons (Fsp3) is 0.286. The first-order valence-corrected chi connectivity index (χ1v) is 16.5. The number of methoxy groups -OCH3 is 2. The van der Waals surface area contributed by atoms with Crippen LogP contribution in [0.1, 0.15) is 39.8 Å². The number of benzene rings is 4. The lowest BCUT2D eigenvalue weighted by Gasteiger charge is -2.37. The number of hydrogen-bond donors (Lipinski definition) is 1. The highest BCUT2D eigenvalue weighted by atomic mass is 31.2. The molecule has 0 radical (unpaired) electrons. The lowest BCUT2D eigenvalue weighted by atomic mass is 9.66. The van der Waals surface area contributed by atoms with Crippen molar-refractivity contribution in [1.82, 2.24) is 0 Å². The Kier molecular flexibility index (Phi) is 8.55. The number of aliphatic hydroxyl groups excluding tert-OH is 1. The largest absolute Gasteiger partial charge is 0.530 e. The van der Waals surface area contributed by atoms with Gasteiger partial charge in [-0.15, -0.1) is 0 Å². The first kappa shape index (κ1) is 31.1. The van der Waals surface area contributed by atoms with Gasteiger partial charge < -0.3 is 33.3 Å². The highest BCUT2D eigenvalue weighted by Crippen LogP contribution is 2.58. The number of ether oxygens (including phenoxy) is 5. The molecule has 0 amide bonds. The van der Waals surface area contributed by atoms with Gasteiger partial charge in [0.2, 0.25) is 12.5 Å². The molecule has 12 heteroatoms. The highest BCUT2D eigenvalue weighted by Gasteiger charge is 2.52. The van der Waals surface area contributed by atoms with Crippen molar-refractivity contribution < 1.29 is 51.7 Å². The molecule has 1 saturated heterocycles. The van der Waals surface area contributed by atoms with E-state index in [0.717, 1.165) is 11.1 Å². The molecule has 4 aromatic carbocycles. The van der Waals surface area contributed by atoms with Crippen LogP contribution < -0.4 is 23.5 Å². The van der Waals surface area contributed by atoms with Crippen LogP contribution in [0.5, 0.6) is 28.7 Å². The summed E-state index contributed by atoms with van der Waals surface area (Å²) in [5.74, 6) is -0.827. The van der Waals surface area contributed by atoms with Crippen LogP contribution in [0.25, 0.3) is 0 Å². The van der Waals surface area contributed by atoms with Gasteiger partial charge in [-0.05, 0) is 52.1 Å². The van der Waals surface area contributed by atoms with Gasteiger partial charge in [0.15, 0.2) is 23.0 Å². The molecule has 47 heavy (non-hydrogen) atoms. The monoisotopic (exact) mass is 660 g/mol. The van der Waals surface area contributed by atoms with Crippen molar-refractivity contribution in [3.8, 4) is 28.7 Å². The van der Waals surface area contributed by atoms with E-state index in [9.17, 15) is 14.5 Å². The van der Waals surface area contributed by atoms with Crippen LogP contribution >= 0.6 is 7.82 Å². The predicted octanol–water partition coefficient (Wildman–Crippen LogP) is 6.32. The molecule has 0 spiro atoms. The summed E-state index contributed by atoms with van der Waals surface area (Å²) in [6.45, 7) is 0.0434. The Morgan fingerprint density at radius 1 is 0.787 bits per heavy atom. The second-order valence-corrected chi connectivity index (χ2v) is 13.0. The summed E-state index contributed by atoms with van der Waals surface area (Å²) in [7, 11) is -1.42. The molecule has 0 aromatic heterocycles. The first-order valence-electron chi connectivity index (χ1n) is 15.1. The van der Waals surface area contributed by atoms with Crippen LogP contribution in [0.3, 0.4) is 0 Å². The minimum absolute atomic E-state index is 0.00416. The van der Waals surface area contributed by atoms with E-state index in [4.69, 9.17) is 37.3 Å². The Balaban J connectivity index is 1.27. The Morgan fingerprint density at radius 3 is 1.89 bits per heavy atom. The number of hydrogen-bond acceptors (Lipinski definition) is 11. The number of carbonyl (C=O) groups is 1. The summed E-state index contributed by atoms with van der Waals surface area (Å²) < 4.78 is 60.2. The molecule has 1 aliphatic carbocycles. The maximum atomic E-state index is 14.3. The number of phosphoric acid groups is 1. The van der Waals surface area contributed by atoms with Gasteiger partial charge in [-0.3, -0.25) is 13.8 Å². The second-order valence-electron chi connectivity index (χ2n) is 11.4. The minimum atomic E-state index is -4.30. The smallest absolute Gasteiger partial charge is 0.493 e. The average Bonchev–Trinajstić information content (AvgIpc) is 3.73. The van der Waals surface area contributed by atoms with Crippen LogP contribution in [0.15, 0.2) is 84.9 Å². The zero-order valence-electron chi connectivity index (χ0n) is 25.7. The van der Waals surface area contributed by atoms with Crippen LogP contribution in [0.2, 0.25) is 0 Å². The SMILES string of the molecule is COc1cc([C@@H]2c3cc4c(cc3[C@@H](O)[C@H]3COC(=O)[C@H]23)OCO4)cc(OC)c1OP(=O)(OCc1ccccc1)OCc1ccccc1. The summed E-state index contributed by atoms with van der Waals surface area (Å²) >= 11 is 0. The van der Waals surface area contributed by atoms with Gasteiger partial charge in [0.25, 0.3) is 0 Å². The van der Waals surface area contributed by atoms with E-state index in [2.05, 4.69) is 0 Å². The van der Waals surface area contributed by atoms with Crippen LogP contribution in [-0.4, -0.2) is 38.7 Å². The molecule has 0 bridgehead atoms. The summed E-state index contributed by atoms with van der Waals surface area (Å²) in [5.41, 5.74) is 3.46. The van der Waals surface area contributed by atoms with Gasteiger partial charge in [-0.1, -0.05) is 60.7 Å². The van der Waals surface area contributed by atoms with E-state index in [-0.39, 0.29) is 43.9 Å². The Labute approximate surface area is 271 Å². The fourth-order valence-corrected chi connectivity index (χ4v) is 7.56. The van der Waals surface area contributed by atoms with Crippen molar-refractivity contribution >= 4 is 13.8 Å². The fourth-order valence-electron chi connectivity index (χ4n) is 6.36. The topological polar surface area (TPSA) is 128 Å². The molecular formula is C35H33O11P. The molecule has 11 nitrogen and oxygen atoms in total. The number of rotatable bonds is 11. The third-order valence-corrected chi connectivity index (χ3v) is 9.95. The molecule has 3 aliphatic rings. The summed E-state index contributed by atoms with van der Waals surface area (Å²) in [6.07, 6.45) is -0.951. The standard InChI is InChI=1S/C35H33O11P/c1-39-29-13-23(31-24-15-27-28(43-20-42-27)16-25(24)33(36)26-19-41-35(37)32(26)31)14-30(40-2)34(29)46-47(38,44-17-21-9-5-3-6-10-21)45-18-22-11-7-4-8-12-22/h3-16,26,31-33,36H,17-20H2,1-2H3/t26-,31+,32-,33+/m0/s1. The first-order chi connectivity index (χ1) is 22.9. The zero-order valence-corrected chi connectivity index (χ0v) is 26.6. The van der Waals surface area contributed by atoms with Crippen molar-refractivity contribution in [2.45, 2.75) is 25.2 Å². The molecule has 2 aliphatic heterocycles. The molecule has 4 aromatic rings. The molecule has 0 saturated carbocycles. The molecule has 1 fully saturated rings. The number of phosphoric ester groups is 1. The lowest BCUT2D eigenvalue weighted by molar-refractivity contribution is -0.141. The van der Waals surface area contributed by atoms with Crippen molar-refractivity contribution in [3.05, 3.63) is 113 Å². The number of carbonyl (C=O) groups excluding carboxylic acids is 1. The molecule has 4 atom stereocenters. The number of cyclic esters (lactones) is 1. The molecule has 7 rings (SSSR count). The molecule has 0 unspecified atom stereocenters.